The van der Waals surface area contributed by atoms with Gasteiger partial charge in [-0.05, 0) is 73.2 Å². The average molecular weight is 329 g/mol. The minimum absolute atomic E-state index is 0.593. The van der Waals surface area contributed by atoms with Crippen molar-refractivity contribution < 1.29 is 0 Å². The zero-order chi connectivity index (χ0) is 17.0. The highest BCUT2D eigenvalue weighted by Gasteiger charge is 2.42. The summed E-state index contributed by atoms with van der Waals surface area (Å²) < 4.78 is 0. The van der Waals surface area contributed by atoms with Crippen molar-refractivity contribution in [2.75, 3.05) is 24.5 Å². The Morgan fingerprint density at radius 3 is 3.08 bits per heavy atom. The fraction of sp³-hybridized carbons (Fsp3) is 0.409. The Morgan fingerprint density at radius 2 is 2.20 bits per heavy atom. The number of rotatable bonds is 1. The number of benzene rings is 2. The summed E-state index contributed by atoms with van der Waals surface area (Å²) in [7, 11) is 0. The van der Waals surface area contributed by atoms with E-state index in [1.165, 1.54) is 47.3 Å². The van der Waals surface area contributed by atoms with E-state index in [0.717, 1.165) is 30.6 Å². The maximum Gasteiger partial charge on any atom is 0.0998 e. The van der Waals surface area contributed by atoms with Gasteiger partial charge in [-0.25, -0.2) is 0 Å². The number of nitrogens with zero attached hydrogens (tertiary/aromatic N) is 2. The summed E-state index contributed by atoms with van der Waals surface area (Å²) in [6, 6.07) is 13.9. The first kappa shape index (κ1) is 15.0. The first-order valence-corrected chi connectivity index (χ1v) is 9.42. The Kier molecular flexibility index (Phi) is 3.36. The predicted octanol–water partition coefficient (Wildman–Crippen LogP) is 3.75. The van der Waals surface area contributed by atoms with Crippen LogP contribution >= 0.6 is 0 Å². The summed E-state index contributed by atoms with van der Waals surface area (Å²) in [5.74, 6) is 0.593. The Balaban J connectivity index is 1.73. The van der Waals surface area contributed by atoms with Gasteiger partial charge in [0.25, 0.3) is 0 Å². The maximum atomic E-state index is 9.60. The summed E-state index contributed by atoms with van der Waals surface area (Å²) in [5.41, 5.74) is 8.84. The summed E-state index contributed by atoms with van der Waals surface area (Å²) >= 11 is 0. The molecule has 3 heteroatoms. The normalized spacial score (nSPS) is 23.8. The van der Waals surface area contributed by atoms with Crippen molar-refractivity contribution in [1.82, 2.24) is 5.32 Å². The van der Waals surface area contributed by atoms with Crippen LogP contribution in [-0.2, 0) is 6.42 Å². The Labute approximate surface area is 149 Å². The van der Waals surface area contributed by atoms with Crippen molar-refractivity contribution in [3.8, 4) is 17.2 Å². The van der Waals surface area contributed by atoms with Crippen LogP contribution in [0.15, 0.2) is 30.3 Å². The van der Waals surface area contributed by atoms with Crippen molar-refractivity contribution >= 4 is 5.69 Å². The second-order valence-electron chi connectivity index (χ2n) is 7.65. The second kappa shape index (κ2) is 5.61. The molecule has 0 saturated carbocycles. The van der Waals surface area contributed by atoms with Gasteiger partial charge in [0.05, 0.1) is 11.6 Å². The number of fused-ring (bicyclic) bond motifs is 3. The van der Waals surface area contributed by atoms with Crippen molar-refractivity contribution in [2.24, 2.45) is 0 Å². The van der Waals surface area contributed by atoms with Crippen LogP contribution in [0.1, 0.15) is 41.0 Å². The zero-order valence-corrected chi connectivity index (χ0v) is 14.7. The van der Waals surface area contributed by atoms with Crippen LogP contribution < -0.4 is 10.2 Å². The van der Waals surface area contributed by atoms with Crippen LogP contribution in [0, 0.1) is 18.3 Å². The van der Waals surface area contributed by atoms with Gasteiger partial charge >= 0.3 is 0 Å². The van der Waals surface area contributed by atoms with Crippen LogP contribution in [0.5, 0.6) is 0 Å². The molecule has 0 unspecified atom stereocenters. The monoisotopic (exact) mass is 329 g/mol. The van der Waals surface area contributed by atoms with E-state index >= 15 is 0 Å². The molecule has 3 aliphatic rings. The Morgan fingerprint density at radius 1 is 1.28 bits per heavy atom. The van der Waals surface area contributed by atoms with Gasteiger partial charge in [0.2, 0.25) is 0 Å². The highest BCUT2D eigenvalue weighted by Crippen LogP contribution is 2.49. The molecule has 0 spiro atoms. The van der Waals surface area contributed by atoms with E-state index in [1.807, 2.05) is 12.1 Å². The molecular formula is C22H23N3. The molecule has 0 amide bonds. The van der Waals surface area contributed by atoms with Crippen LogP contribution in [-0.4, -0.2) is 25.7 Å². The van der Waals surface area contributed by atoms with Crippen molar-refractivity contribution in [3.05, 3.63) is 52.6 Å². The van der Waals surface area contributed by atoms with Gasteiger partial charge in [0.15, 0.2) is 0 Å². The Hall–Kier alpha value is -2.31. The molecule has 2 atom stereocenters. The lowest BCUT2D eigenvalue weighted by Gasteiger charge is -2.36. The fourth-order valence-electron chi connectivity index (χ4n) is 5.25. The van der Waals surface area contributed by atoms with E-state index < -0.39 is 0 Å². The van der Waals surface area contributed by atoms with E-state index in [1.54, 1.807) is 0 Å². The van der Waals surface area contributed by atoms with Gasteiger partial charge in [-0.15, -0.1) is 0 Å². The number of nitrogens with one attached hydrogen (secondary N) is 1. The minimum Gasteiger partial charge on any atom is -0.367 e. The summed E-state index contributed by atoms with van der Waals surface area (Å²) in [6.45, 7) is 5.53. The Bertz CT molecular complexity index is 893. The average Bonchev–Trinajstić information content (AvgIpc) is 2.97. The lowest BCUT2D eigenvalue weighted by molar-refractivity contribution is 0.400. The van der Waals surface area contributed by atoms with E-state index in [4.69, 9.17) is 0 Å². The topological polar surface area (TPSA) is 39.1 Å². The largest absolute Gasteiger partial charge is 0.367 e. The molecule has 126 valence electrons. The van der Waals surface area contributed by atoms with Crippen molar-refractivity contribution in [3.63, 3.8) is 0 Å². The standard InChI is InChI=1S/C22H23N3/c1-14-4-2-5-16(12-23)21(14)17-10-15-6-3-9-25-20-7-8-24-13-19(20)18(11-17)22(15)25/h2,4-5,10-11,19-20,24H,3,6-9,13H2,1H3/t19-,20-/m0/s1. The van der Waals surface area contributed by atoms with Gasteiger partial charge in [0.1, 0.15) is 0 Å². The molecule has 2 aromatic carbocycles. The number of hydrogen-bond acceptors (Lipinski definition) is 3. The molecule has 0 bridgehead atoms. The molecule has 3 aliphatic heterocycles. The first-order chi connectivity index (χ1) is 12.3. The molecule has 1 saturated heterocycles. The number of piperidine rings is 1. The van der Waals surface area contributed by atoms with Crippen LogP contribution in [0.2, 0.25) is 0 Å². The fourth-order valence-corrected chi connectivity index (χ4v) is 5.25. The molecule has 2 aromatic rings. The molecule has 1 fully saturated rings. The molecule has 25 heavy (non-hydrogen) atoms. The number of nitriles is 1. The van der Waals surface area contributed by atoms with E-state index in [-0.39, 0.29) is 0 Å². The highest BCUT2D eigenvalue weighted by molar-refractivity contribution is 5.80. The smallest absolute Gasteiger partial charge is 0.0998 e. The summed E-state index contributed by atoms with van der Waals surface area (Å²) in [4.78, 5) is 2.69. The van der Waals surface area contributed by atoms with Crippen molar-refractivity contribution in [1.29, 1.82) is 5.26 Å². The van der Waals surface area contributed by atoms with Crippen molar-refractivity contribution in [2.45, 2.75) is 38.1 Å². The maximum absolute atomic E-state index is 9.60. The van der Waals surface area contributed by atoms with Gasteiger partial charge < -0.3 is 10.2 Å². The molecule has 1 N–H and O–H groups in total. The third-order valence-electron chi connectivity index (χ3n) is 6.28. The predicted molar refractivity (Wildman–Crippen MR) is 101 cm³/mol. The molecule has 3 heterocycles. The molecule has 0 radical (unpaired) electrons. The van der Waals surface area contributed by atoms with E-state index in [0.29, 0.717) is 12.0 Å². The highest BCUT2D eigenvalue weighted by atomic mass is 15.2. The molecule has 3 nitrogen and oxygen atoms in total. The summed E-state index contributed by atoms with van der Waals surface area (Å²) in [6.07, 6.45) is 3.64. The number of aryl methyl sites for hydroxylation is 2. The zero-order valence-electron chi connectivity index (χ0n) is 14.7. The van der Waals surface area contributed by atoms with Gasteiger partial charge in [0, 0.05) is 36.3 Å². The quantitative estimate of drug-likeness (QED) is 0.866. The van der Waals surface area contributed by atoms with Gasteiger partial charge in [-0.2, -0.15) is 5.26 Å². The van der Waals surface area contributed by atoms with Gasteiger partial charge in [-0.3, -0.25) is 0 Å². The van der Waals surface area contributed by atoms with Crippen LogP contribution in [0.4, 0.5) is 5.69 Å². The van der Waals surface area contributed by atoms with Crippen LogP contribution in [0.3, 0.4) is 0 Å². The molecule has 5 rings (SSSR count). The second-order valence-corrected chi connectivity index (χ2v) is 7.65. The molecule has 0 aliphatic carbocycles. The molecule has 0 aromatic heterocycles. The first-order valence-electron chi connectivity index (χ1n) is 9.42. The lowest BCUT2D eigenvalue weighted by atomic mass is 9.86. The third-order valence-corrected chi connectivity index (χ3v) is 6.28. The molecular weight excluding hydrogens is 306 g/mol. The van der Waals surface area contributed by atoms with Gasteiger partial charge in [-0.1, -0.05) is 12.1 Å². The number of anilines is 1. The van der Waals surface area contributed by atoms with Crippen LogP contribution in [0.25, 0.3) is 11.1 Å². The third kappa shape index (κ3) is 2.14. The van der Waals surface area contributed by atoms with E-state index in [9.17, 15) is 5.26 Å². The van der Waals surface area contributed by atoms with E-state index in [2.05, 4.69) is 41.4 Å². The minimum atomic E-state index is 0.593. The lowest BCUT2D eigenvalue weighted by Crippen LogP contribution is -2.45. The number of hydrogen-bond donors (Lipinski definition) is 1. The SMILES string of the molecule is Cc1cccc(C#N)c1-c1cc2c3c(c1)[C@@H]1CNCC[C@@H]1N3CCC2. The summed E-state index contributed by atoms with van der Waals surface area (Å²) in [5, 5.41) is 13.2.